The number of hydrogen-bond acceptors (Lipinski definition) is 6. The Morgan fingerprint density at radius 2 is 1.77 bits per heavy atom. The molecule has 184 valence electrons. The van der Waals surface area contributed by atoms with Crippen LogP contribution in [0.25, 0.3) is 10.9 Å². The number of amides is 1. The summed E-state index contributed by atoms with van der Waals surface area (Å²) in [6.07, 6.45) is 1.92. The minimum absolute atomic E-state index is 0.0387. The number of likely N-dealkylation sites (tertiary alicyclic amines) is 1. The van der Waals surface area contributed by atoms with Crippen molar-refractivity contribution in [2.45, 2.75) is 24.9 Å². The predicted octanol–water partition coefficient (Wildman–Crippen LogP) is 3.26. The Balaban J connectivity index is 1.58. The predicted molar refractivity (Wildman–Crippen MR) is 123 cm³/mol. The topological polar surface area (TPSA) is 90.7 Å². The molecule has 1 aliphatic heterocycles. The molecule has 0 atom stereocenters. The van der Waals surface area contributed by atoms with E-state index < -0.39 is 23.3 Å². The maximum Gasteiger partial charge on any atom is 0.381 e. The molecule has 35 heavy (non-hydrogen) atoms. The number of ketones is 1. The molecular formula is C25H25F2N3O5. The van der Waals surface area contributed by atoms with Gasteiger partial charge in [-0.05, 0) is 36.6 Å². The van der Waals surface area contributed by atoms with Gasteiger partial charge in [0.2, 0.25) is 5.88 Å². The van der Waals surface area contributed by atoms with E-state index in [-0.39, 0.29) is 55.3 Å². The van der Waals surface area contributed by atoms with Crippen molar-refractivity contribution in [3.63, 3.8) is 0 Å². The maximum atomic E-state index is 15.5. The van der Waals surface area contributed by atoms with Gasteiger partial charge in [-0.1, -0.05) is 12.1 Å². The van der Waals surface area contributed by atoms with E-state index in [1.54, 1.807) is 25.4 Å². The molecule has 0 unspecified atom stereocenters. The van der Waals surface area contributed by atoms with E-state index in [0.29, 0.717) is 16.5 Å². The zero-order valence-corrected chi connectivity index (χ0v) is 19.6. The van der Waals surface area contributed by atoms with Gasteiger partial charge in [0.15, 0.2) is 0 Å². The number of aromatic nitrogens is 2. The van der Waals surface area contributed by atoms with Gasteiger partial charge < -0.3 is 18.9 Å². The largest absolute Gasteiger partial charge is 0.480 e. The Morgan fingerprint density at radius 1 is 1.11 bits per heavy atom. The van der Waals surface area contributed by atoms with Crippen LogP contribution in [0.15, 0.2) is 36.5 Å². The van der Waals surface area contributed by atoms with Crippen molar-refractivity contribution in [1.82, 2.24) is 14.5 Å². The first kappa shape index (κ1) is 24.3. The quantitative estimate of drug-likeness (QED) is 0.303. The number of carbonyl (C=O) groups is 3. The molecule has 1 amide bonds. The number of alkyl halides is 1. The van der Waals surface area contributed by atoms with E-state index in [0.717, 1.165) is 7.11 Å². The van der Waals surface area contributed by atoms with Gasteiger partial charge in [-0.3, -0.25) is 9.59 Å². The number of nitrogens with zero attached hydrogens (tertiary/aromatic N) is 3. The second-order valence-electron chi connectivity index (χ2n) is 8.63. The second kappa shape index (κ2) is 9.44. The number of ether oxygens (including phenoxy) is 2. The third-order valence-electron chi connectivity index (χ3n) is 6.33. The number of halogens is 2. The summed E-state index contributed by atoms with van der Waals surface area (Å²) in [6.45, 7) is 0.334. The summed E-state index contributed by atoms with van der Waals surface area (Å²) in [4.78, 5) is 43.6. The molecule has 0 bridgehead atoms. The Labute approximate surface area is 200 Å². The van der Waals surface area contributed by atoms with Crippen molar-refractivity contribution in [1.29, 1.82) is 0 Å². The van der Waals surface area contributed by atoms with Crippen LogP contribution in [0, 0.1) is 5.82 Å². The smallest absolute Gasteiger partial charge is 0.381 e. The van der Waals surface area contributed by atoms with Gasteiger partial charge in [-0.15, -0.1) is 0 Å². The number of benzene rings is 1. The average Bonchev–Trinajstić information content (AvgIpc) is 3.18. The van der Waals surface area contributed by atoms with E-state index in [4.69, 9.17) is 4.74 Å². The number of piperidine rings is 1. The number of hydrogen-bond donors (Lipinski definition) is 0. The SMILES string of the molecule is COC(=O)C(=O)c1c2cc(C(=O)N3CCC(F)(Cc4ccc(F)cc4)CC3)c(OC)nc2cn1C. The van der Waals surface area contributed by atoms with Crippen LogP contribution in [0.5, 0.6) is 5.88 Å². The van der Waals surface area contributed by atoms with Crippen molar-refractivity contribution in [3.8, 4) is 5.88 Å². The summed E-state index contributed by atoms with van der Waals surface area (Å²) in [7, 11) is 4.07. The van der Waals surface area contributed by atoms with Gasteiger partial charge in [0, 0.05) is 38.1 Å². The lowest BCUT2D eigenvalue weighted by atomic mass is 9.87. The summed E-state index contributed by atoms with van der Waals surface area (Å²) in [6, 6.07) is 7.20. The number of fused-ring (bicyclic) bond motifs is 1. The molecular weight excluding hydrogens is 460 g/mol. The minimum Gasteiger partial charge on any atom is -0.480 e. The van der Waals surface area contributed by atoms with E-state index in [1.807, 2.05) is 0 Å². The van der Waals surface area contributed by atoms with Gasteiger partial charge in [0.05, 0.1) is 19.7 Å². The molecule has 0 N–H and O–H groups in total. The highest BCUT2D eigenvalue weighted by Gasteiger charge is 2.37. The molecule has 4 rings (SSSR count). The molecule has 8 nitrogen and oxygen atoms in total. The molecule has 0 aliphatic carbocycles. The average molecular weight is 485 g/mol. The Hall–Kier alpha value is -3.82. The van der Waals surface area contributed by atoms with E-state index in [1.165, 1.54) is 34.8 Å². The highest BCUT2D eigenvalue weighted by molar-refractivity contribution is 6.42. The van der Waals surface area contributed by atoms with Crippen LogP contribution in [0.1, 0.15) is 39.3 Å². The highest BCUT2D eigenvalue weighted by atomic mass is 19.1. The lowest BCUT2D eigenvalue weighted by Crippen LogP contribution is -2.45. The van der Waals surface area contributed by atoms with Gasteiger partial charge in [-0.25, -0.2) is 18.6 Å². The normalized spacial score (nSPS) is 15.2. The third kappa shape index (κ3) is 4.73. The van der Waals surface area contributed by atoms with E-state index in [9.17, 15) is 18.8 Å². The molecule has 0 radical (unpaired) electrons. The van der Waals surface area contributed by atoms with Crippen molar-refractivity contribution in [2.75, 3.05) is 27.3 Å². The van der Waals surface area contributed by atoms with Gasteiger partial charge in [-0.2, -0.15) is 0 Å². The molecule has 1 fully saturated rings. The van der Waals surface area contributed by atoms with Crippen molar-refractivity contribution >= 4 is 28.6 Å². The van der Waals surface area contributed by atoms with E-state index in [2.05, 4.69) is 9.72 Å². The highest BCUT2D eigenvalue weighted by Crippen LogP contribution is 2.33. The van der Waals surface area contributed by atoms with Crippen LogP contribution in [-0.4, -0.2) is 65.1 Å². The number of carbonyl (C=O) groups excluding carboxylic acids is 3. The molecule has 1 aliphatic rings. The number of Topliss-reactive ketones (excluding diaryl/α,β-unsaturated/α-hetero) is 1. The fourth-order valence-electron chi connectivity index (χ4n) is 4.44. The minimum atomic E-state index is -1.51. The van der Waals surface area contributed by atoms with Crippen LogP contribution in [-0.2, 0) is 23.0 Å². The number of pyridine rings is 1. The monoisotopic (exact) mass is 485 g/mol. The number of aryl methyl sites for hydroxylation is 1. The fourth-order valence-corrected chi connectivity index (χ4v) is 4.44. The van der Waals surface area contributed by atoms with Crippen LogP contribution in [0.4, 0.5) is 8.78 Å². The molecule has 1 aromatic carbocycles. The van der Waals surface area contributed by atoms with Crippen LogP contribution >= 0.6 is 0 Å². The molecule has 2 aromatic heterocycles. The lowest BCUT2D eigenvalue weighted by molar-refractivity contribution is -0.135. The Bertz CT molecular complexity index is 1290. The first-order chi connectivity index (χ1) is 16.7. The molecule has 10 heteroatoms. The molecule has 0 saturated carbocycles. The summed E-state index contributed by atoms with van der Waals surface area (Å²) in [5.41, 5.74) is -0.307. The molecule has 3 aromatic rings. The van der Waals surface area contributed by atoms with E-state index >= 15 is 4.39 Å². The standard InChI is InChI=1S/C25H25F2N3O5/c1-29-14-19-17(20(29)21(31)24(33)35-3)12-18(22(28-19)34-2)23(32)30-10-8-25(27,9-11-30)13-15-4-6-16(26)7-5-15/h4-7,12,14H,8-11,13H2,1-3H3. The number of methoxy groups -OCH3 is 2. The summed E-state index contributed by atoms with van der Waals surface area (Å²) < 4.78 is 39.9. The van der Waals surface area contributed by atoms with Gasteiger partial charge >= 0.3 is 5.97 Å². The second-order valence-corrected chi connectivity index (χ2v) is 8.63. The summed E-state index contributed by atoms with van der Waals surface area (Å²) in [5, 5.41) is 0.306. The lowest BCUT2D eigenvalue weighted by Gasteiger charge is -2.36. The van der Waals surface area contributed by atoms with Crippen molar-refractivity contribution in [2.24, 2.45) is 7.05 Å². The van der Waals surface area contributed by atoms with Crippen LogP contribution in [0.3, 0.4) is 0 Å². The zero-order chi connectivity index (χ0) is 25.3. The Morgan fingerprint density at radius 3 is 2.37 bits per heavy atom. The van der Waals surface area contributed by atoms with Gasteiger partial charge in [0.25, 0.3) is 11.7 Å². The zero-order valence-electron chi connectivity index (χ0n) is 19.6. The van der Waals surface area contributed by atoms with Crippen molar-refractivity contribution in [3.05, 3.63) is 59.2 Å². The Kier molecular flexibility index (Phi) is 6.56. The summed E-state index contributed by atoms with van der Waals surface area (Å²) >= 11 is 0. The van der Waals surface area contributed by atoms with Crippen LogP contribution < -0.4 is 4.74 Å². The molecule has 3 heterocycles. The number of rotatable bonds is 6. The maximum absolute atomic E-state index is 15.5. The van der Waals surface area contributed by atoms with Gasteiger partial charge in [0.1, 0.15) is 22.7 Å². The summed E-state index contributed by atoms with van der Waals surface area (Å²) in [5.74, 6) is -2.63. The number of esters is 1. The third-order valence-corrected chi connectivity index (χ3v) is 6.33. The molecule has 0 spiro atoms. The van der Waals surface area contributed by atoms with Crippen LogP contribution in [0.2, 0.25) is 0 Å². The first-order valence-corrected chi connectivity index (χ1v) is 11.0. The molecule has 1 saturated heterocycles. The first-order valence-electron chi connectivity index (χ1n) is 11.0. The fraction of sp³-hybridized carbons (Fsp3) is 0.360. The van der Waals surface area contributed by atoms with Crippen molar-refractivity contribution < 1.29 is 32.6 Å².